The molecule has 0 radical (unpaired) electrons. The van der Waals surface area contributed by atoms with Gasteiger partial charge in [-0.3, -0.25) is 14.4 Å². The third kappa shape index (κ3) is 1.75. The van der Waals surface area contributed by atoms with Gasteiger partial charge in [-0.15, -0.1) is 0 Å². The highest BCUT2D eigenvalue weighted by molar-refractivity contribution is 6.65. The van der Waals surface area contributed by atoms with Crippen LogP contribution in [-0.2, 0) is 19.1 Å². The summed E-state index contributed by atoms with van der Waals surface area (Å²) in [5.74, 6) is -2.59. The van der Waals surface area contributed by atoms with Crippen molar-refractivity contribution in [2.75, 3.05) is 7.11 Å². The minimum atomic E-state index is -0.745. The van der Waals surface area contributed by atoms with Gasteiger partial charge in [0.25, 0.3) is 0 Å². The molecule has 1 rings (SSSR count). The molecule has 0 aromatic carbocycles. The predicted octanol–water partition coefficient (Wildman–Crippen LogP) is -0.622. The monoisotopic (exact) mass is 196 g/mol. The number of methoxy groups -OCH3 is 1. The second-order valence-corrected chi connectivity index (χ2v) is 2.92. The summed E-state index contributed by atoms with van der Waals surface area (Å²) in [5, 5.41) is 0. The van der Waals surface area contributed by atoms with Crippen molar-refractivity contribution in [3.63, 3.8) is 0 Å². The molecular weight excluding hydrogens is 188 g/mol. The van der Waals surface area contributed by atoms with Crippen molar-refractivity contribution in [2.24, 2.45) is 5.92 Å². The van der Waals surface area contributed by atoms with Gasteiger partial charge in [0.15, 0.2) is 0 Å². The Bertz CT molecular complexity index is 334. The van der Waals surface area contributed by atoms with E-state index in [0.29, 0.717) is 0 Å². The van der Waals surface area contributed by atoms with Crippen LogP contribution >= 0.6 is 0 Å². The summed E-state index contributed by atoms with van der Waals surface area (Å²) in [5.41, 5.74) is 7.86. The molecule has 0 bridgehead atoms. The molecule has 1 aliphatic carbocycles. The van der Waals surface area contributed by atoms with Crippen molar-refractivity contribution < 1.29 is 23.9 Å². The first-order valence-electron chi connectivity index (χ1n) is 3.96. The fourth-order valence-corrected chi connectivity index (χ4v) is 1.31. The van der Waals surface area contributed by atoms with Crippen molar-refractivity contribution in [3.05, 3.63) is 5.53 Å². The molecule has 1 aliphatic rings. The number of carbonyl (C=O) groups is 3. The van der Waals surface area contributed by atoms with Gasteiger partial charge in [0.2, 0.25) is 11.6 Å². The largest absolute Gasteiger partial charge is 0.469 e. The van der Waals surface area contributed by atoms with E-state index in [1.807, 2.05) is 0 Å². The molecule has 1 fully saturated rings. The number of Topliss-reactive ketones (excluding diaryl/α,β-unsaturated/α-hetero) is 2. The van der Waals surface area contributed by atoms with Gasteiger partial charge >= 0.3 is 11.7 Å². The van der Waals surface area contributed by atoms with E-state index < -0.39 is 29.2 Å². The minimum Gasteiger partial charge on any atom is -0.469 e. The Morgan fingerprint density at radius 2 is 1.93 bits per heavy atom. The first-order valence-corrected chi connectivity index (χ1v) is 3.96. The molecule has 0 unspecified atom stereocenters. The maximum absolute atomic E-state index is 11.1. The van der Waals surface area contributed by atoms with Gasteiger partial charge in [0.1, 0.15) is 0 Å². The van der Waals surface area contributed by atoms with Crippen molar-refractivity contribution in [3.8, 4) is 0 Å². The zero-order valence-corrected chi connectivity index (χ0v) is 7.52. The van der Waals surface area contributed by atoms with Gasteiger partial charge in [-0.2, -0.15) is 4.79 Å². The highest BCUT2D eigenvalue weighted by Gasteiger charge is 2.41. The predicted molar refractivity (Wildman–Crippen MR) is 43.4 cm³/mol. The molecule has 0 N–H and O–H groups in total. The van der Waals surface area contributed by atoms with Crippen molar-refractivity contribution in [2.45, 2.75) is 12.8 Å². The minimum absolute atomic E-state index is 0.141. The smallest absolute Gasteiger partial charge is 0.400 e. The maximum atomic E-state index is 11.1. The van der Waals surface area contributed by atoms with Crippen molar-refractivity contribution >= 4 is 23.2 Å². The number of esters is 1. The third-order valence-electron chi connectivity index (χ3n) is 2.03. The Labute approximate surface area is 79.5 Å². The lowest BCUT2D eigenvalue weighted by Crippen LogP contribution is -2.37. The quantitative estimate of drug-likeness (QED) is 0.317. The molecule has 6 nitrogen and oxygen atoms in total. The van der Waals surface area contributed by atoms with E-state index in [1.54, 1.807) is 0 Å². The SMILES string of the molecule is COC(=O)C1CC(=O)C(=[N+]=[N-])C(=O)C1. The highest BCUT2D eigenvalue weighted by Crippen LogP contribution is 2.17. The van der Waals surface area contributed by atoms with Crippen LogP contribution in [0.3, 0.4) is 0 Å². The van der Waals surface area contributed by atoms with Crippen molar-refractivity contribution in [1.29, 1.82) is 0 Å². The second kappa shape index (κ2) is 3.93. The van der Waals surface area contributed by atoms with Gasteiger partial charge in [-0.1, -0.05) is 0 Å². The van der Waals surface area contributed by atoms with Gasteiger partial charge in [0, 0.05) is 12.8 Å². The molecule has 0 aromatic heterocycles. The summed E-state index contributed by atoms with van der Waals surface area (Å²) in [7, 11) is 1.19. The van der Waals surface area contributed by atoms with Crippen molar-refractivity contribution in [1.82, 2.24) is 0 Å². The summed E-state index contributed by atoms with van der Waals surface area (Å²) >= 11 is 0. The number of hydrogen-bond acceptors (Lipinski definition) is 4. The van der Waals surface area contributed by atoms with Crippen LogP contribution in [0.4, 0.5) is 0 Å². The molecule has 0 heterocycles. The van der Waals surface area contributed by atoms with E-state index in [4.69, 9.17) is 5.53 Å². The Morgan fingerprint density at radius 3 is 2.29 bits per heavy atom. The Kier molecular flexibility index (Phi) is 2.89. The summed E-state index contributed by atoms with van der Waals surface area (Å²) in [6, 6.07) is 0. The van der Waals surface area contributed by atoms with Gasteiger partial charge in [-0.25, -0.2) is 0 Å². The molecule has 0 spiro atoms. The number of nitrogens with zero attached hydrogens (tertiary/aromatic N) is 2. The topological polar surface area (TPSA) is 96.8 Å². The molecule has 0 atom stereocenters. The fourth-order valence-electron chi connectivity index (χ4n) is 1.31. The zero-order chi connectivity index (χ0) is 10.7. The Balaban J connectivity index is 2.86. The van der Waals surface area contributed by atoms with E-state index in [2.05, 4.69) is 9.53 Å². The molecule has 6 heteroatoms. The van der Waals surface area contributed by atoms with E-state index in [0.717, 1.165) is 0 Å². The normalized spacial score (nSPS) is 21.8. The Morgan fingerprint density at radius 1 is 1.43 bits per heavy atom. The third-order valence-corrected chi connectivity index (χ3v) is 2.03. The van der Waals surface area contributed by atoms with Crippen LogP contribution in [0.2, 0.25) is 0 Å². The molecule has 0 saturated heterocycles. The number of ether oxygens (including phenoxy) is 1. The molecule has 74 valence electrons. The van der Waals surface area contributed by atoms with Crippen LogP contribution in [0.15, 0.2) is 0 Å². The second-order valence-electron chi connectivity index (χ2n) is 2.92. The Hall–Kier alpha value is -1.81. The molecule has 0 aromatic rings. The average molecular weight is 196 g/mol. The maximum Gasteiger partial charge on any atom is 0.400 e. The summed E-state index contributed by atoms with van der Waals surface area (Å²) in [6.45, 7) is 0. The average Bonchev–Trinajstić information content (AvgIpc) is 2.16. The lowest BCUT2D eigenvalue weighted by Gasteiger charge is -2.14. The molecular formula is C8H8N2O4. The van der Waals surface area contributed by atoms with Crippen LogP contribution in [0, 0.1) is 5.92 Å². The fraction of sp³-hybridized carbons (Fsp3) is 0.500. The number of carbonyl (C=O) groups excluding carboxylic acids is 3. The van der Waals surface area contributed by atoms with Gasteiger partial charge in [-0.05, 0) is 0 Å². The van der Waals surface area contributed by atoms with Crippen LogP contribution < -0.4 is 0 Å². The first-order chi connectivity index (χ1) is 6.60. The molecule has 0 amide bonds. The molecule has 0 aliphatic heterocycles. The molecule has 14 heavy (non-hydrogen) atoms. The number of ketones is 2. The molecule has 1 saturated carbocycles. The lowest BCUT2D eigenvalue weighted by molar-refractivity contribution is -0.149. The zero-order valence-electron chi connectivity index (χ0n) is 7.52. The lowest BCUT2D eigenvalue weighted by atomic mass is 9.86. The van der Waals surface area contributed by atoms with E-state index in [9.17, 15) is 14.4 Å². The van der Waals surface area contributed by atoms with Gasteiger partial charge in [0.05, 0.1) is 13.0 Å². The summed E-state index contributed by atoms with van der Waals surface area (Å²) < 4.78 is 4.41. The first kappa shape index (κ1) is 10.3. The van der Waals surface area contributed by atoms with Crippen LogP contribution in [0.25, 0.3) is 5.53 Å². The van der Waals surface area contributed by atoms with E-state index >= 15 is 0 Å². The highest BCUT2D eigenvalue weighted by atomic mass is 16.5. The number of hydrogen-bond donors (Lipinski definition) is 0. The summed E-state index contributed by atoms with van der Waals surface area (Å²) in [4.78, 5) is 35.9. The van der Waals surface area contributed by atoms with Crippen LogP contribution in [-0.4, -0.2) is 35.1 Å². The number of rotatable bonds is 1. The van der Waals surface area contributed by atoms with Gasteiger partial charge < -0.3 is 10.3 Å². The summed E-state index contributed by atoms with van der Waals surface area (Å²) in [6.07, 6.45) is -0.282. The van der Waals surface area contributed by atoms with Crippen LogP contribution in [0.1, 0.15) is 12.8 Å². The standard InChI is InChI=1S/C8H8N2O4/c1-14-8(13)4-2-5(11)7(10-9)6(12)3-4/h4H,2-3H2,1H3. The van der Waals surface area contributed by atoms with Crippen LogP contribution in [0.5, 0.6) is 0 Å². The van der Waals surface area contributed by atoms with E-state index in [1.165, 1.54) is 7.11 Å². The van der Waals surface area contributed by atoms with E-state index in [-0.39, 0.29) is 12.8 Å².